The van der Waals surface area contributed by atoms with Gasteiger partial charge in [-0.2, -0.15) is 0 Å². The second-order valence-corrected chi connectivity index (χ2v) is 9.83. The minimum absolute atomic E-state index is 0.0172. The van der Waals surface area contributed by atoms with Crippen LogP contribution < -0.4 is 0 Å². The highest BCUT2D eigenvalue weighted by molar-refractivity contribution is 7.92. The molecule has 0 aromatic carbocycles. The van der Waals surface area contributed by atoms with Gasteiger partial charge in [0.05, 0.1) is 27.8 Å². The third-order valence-corrected chi connectivity index (χ3v) is 6.96. The maximum atomic E-state index is 12.0. The number of aliphatic hydroxyl groups is 1. The Morgan fingerprint density at radius 1 is 1.45 bits per heavy atom. The van der Waals surface area contributed by atoms with Crippen LogP contribution in [-0.2, 0) is 21.7 Å². The van der Waals surface area contributed by atoms with Crippen molar-refractivity contribution >= 4 is 21.2 Å². The van der Waals surface area contributed by atoms with Gasteiger partial charge in [0.1, 0.15) is 0 Å². The fourth-order valence-corrected chi connectivity index (χ4v) is 5.55. The van der Waals surface area contributed by atoms with Crippen molar-refractivity contribution in [2.45, 2.75) is 63.2 Å². The van der Waals surface area contributed by atoms with Gasteiger partial charge < -0.3 is 5.11 Å². The van der Waals surface area contributed by atoms with Crippen molar-refractivity contribution in [2.75, 3.05) is 5.75 Å². The van der Waals surface area contributed by atoms with Crippen LogP contribution in [0.5, 0.6) is 0 Å². The molecule has 0 radical (unpaired) electrons. The van der Waals surface area contributed by atoms with E-state index in [0.29, 0.717) is 12.8 Å². The van der Waals surface area contributed by atoms with E-state index >= 15 is 0 Å². The molecule has 2 unspecified atom stereocenters. The smallest absolute Gasteiger partial charge is 0.155 e. The Kier molecular flexibility index (Phi) is 4.56. The van der Waals surface area contributed by atoms with Gasteiger partial charge >= 0.3 is 0 Å². The predicted octanol–water partition coefficient (Wildman–Crippen LogP) is 2.31. The van der Waals surface area contributed by atoms with E-state index in [1.165, 1.54) is 11.3 Å². The summed E-state index contributed by atoms with van der Waals surface area (Å²) in [6.45, 7) is 6.27. The second-order valence-electron chi connectivity index (χ2n) is 6.55. The standard InChI is InChI=1S/C14H23NO3S2/c1-14(2,3)12-9-19-13(15-12)8-10(16)11-6-4-5-7-20(11,17)18/h9-11,16H,4-8H2,1-3H3. The molecule has 0 bridgehead atoms. The van der Waals surface area contributed by atoms with Crippen LogP contribution in [0.4, 0.5) is 0 Å². The van der Waals surface area contributed by atoms with Gasteiger partial charge in [0, 0.05) is 17.2 Å². The molecule has 2 atom stereocenters. The second kappa shape index (κ2) is 5.73. The van der Waals surface area contributed by atoms with E-state index in [4.69, 9.17) is 0 Å². The van der Waals surface area contributed by atoms with Gasteiger partial charge in [-0.1, -0.05) is 27.2 Å². The van der Waals surface area contributed by atoms with Crippen LogP contribution in [0.2, 0.25) is 0 Å². The number of rotatable bonds is 3. The Bertz CT molecular complexity index is 557. The Morgan fingerprint density at radius 2 is 2.15 bits per heavy atom. The zero-order valence-corrected chi connectivity index (χ0v) is 13.9. The largest absolute Gasteiger partial charge is 0.391 e. The van der Waals surface area contributed by atoms with Crippen LogP contribution in [0, 0.1) is 0 Å². The van der Waals surface area contributed by atoms with Gasteiger partial charge in [-0.25, -0.2) is 13.4 Å². The number of hydrogen-bond acceptors (Lipinski definition) is 5. The molecular weight excluding hydrogens is 294 g/mol. The summed E-state index contributed by atoms with van der Waals surface area (Å²) in [5.74, 6) is 0.208. The first kappa shape index (κ1) is 15.9. The van der Waals surface area contributed by atoms with Crippen molar-refractivity contribution in [1.82, 2.24) is 4.98 Å². The summed E-state index contributed by atoms with van der Waals surface area (Å²) in [5.41, 5.74) is 0.979. The molecule has 0 saturated carbocycles. The topological polar surface area (TPSA) is 67.3 Å². The number of hydrogen-bond donors (Lipinski definition) is 1. The molecule has 20 heavy (non-hydrogen) atoms. The molecule has 1 aliphatic rings. The lowest BCUT2D eigenvalue weighted by atomic mass is 9.93. The Balaban J connectivity index is 2.08. The van der Waals surface area contributed by atoms with E-state index in [-0.39, 0.29) is 11.2 Å². The van der Waals surface area contributed by atoms with Crippen LogP contribution in [-0.4, -0.2) is 35.6 Å². The average Bonchev–Trinajstić information content (AvgIpc) is 2.76. The highest BCUT2D eigenvalue weighted by atomic mass is 32.2. The molecule has 114 valence electrons. The third-order valence-electron chi connectivity index (χ3n) is 3.76. The van der Waals surface area contributed by atoms with Crippen LogP contribution in [0.3, 0.4) is 0 Å². The van der Waals surface area contributed by atoms with Gasteiger partial charge in [-0.3, -0.25) is 0 Å². The summed E-state index contributed by atoms with van der Waals surface area (Å²) in [7, 11) is -3.14. The van der Waals surface area contributed by atoms with Crippen LogP contribution in [0.15, 0.2) is 5.38 Å². The lowest BCUT2D eigenvalue weighted by Crippen LogP contribution is -2.39. The summed E-state index contributed by atoms with van der Waals surface area (Å²) in [6, 6.07) is 0. The summed E-state index contributed by atoms with van der Waals surface area (Å²) in [6.07, 6.45) is 1.67. The molecular formula is C14H23NO3S2. The summed E-state index contributed by atoms with van der Waals surface area (Å²) in [4.78, 5) is 4.53. The van der Waals surface area contributed by atoms with E-state index in [9.17, 15) is 13.5 Å². The van der Waals surface area contributed by atoms with Crippen LogP contribution >= 0.6 is 11.3 Å². The van der Waals surface area contributed by atoms with Gasteiger partial charge in [0.25, 0.3) is 0 Å². The Labute approximate surface area is 125 Å². The molecule has 1 N–H and O–H groups in total. The minimum atomic E-state index is -3.14. The third kappa shape index (κ3) is 3.59. The molecule has 1 fully saturated rings. The first-order chi connectivity index (χ1) is 9.20. The number of sulfone groups is 1. The molecule has 0 spiro atoms. The average molecular weight is 317 g/mol. The molecule has 4 nitrogen and oxygen atoms in total. The zero-order valence-electron chi connectivity index (χ0n) is 12.3. The molecule has 0 amide bonds. The van der Waals surface area contributed by atoms with Gasteiger partial charge in [0.2, 0.25) is 0 Å². The molecule has 1 aliphatic heterocycles. The van der Waals surface area contributed by atoms with Crippen molar-refractivity contribution < 1.29 is 13.5 Å². The van der Waals surface area contributed by atoms with Crippen molar-refractivity contribution in [3.63, 3.8) is 0 Å². The first-order valence-corrected chi connectivity index (χ1v) is 9.64. The summed E-state index contributed by atoms with van der Waals surface area (Å²) >= 11 is 1.50. The molecule has 2 heterocycles. The summed E-state index contributed by atoms with van der Waals surface area (Å²) in [5, 5.41) is 12.5. The minimum Gasteiger partial charge on any atom is -0.391 e. The lowest BCUT2D eigenvalue weighted by Gasteiger charge is -2.26. The number of aromatic nitrogens is 1. The van der Waals surface area contributed by atoms with Crippen molar-refractivity contribution in [3.8, 4) is 0 Å². The molecule has 1 aromatic heterocycles. The van der Waals surface area contributed by atoms with Gasteiger partial charge in [-0.15, -0.1) is 11.3 Å². The van der Waals surface area contributed by atoms with Crippen LogP contribution in [0.25, 0.3) is 0 Å². The zero-order chi connectivity index (χ0) is 15.0. The Hall–Kier alpha value is -0.460. The normalized spacial score (nSPS) is 24.5. The molecule has 6 heteroatoms. The SMILES string of the molecule is CC(C)(C)c1csc(CC(O)C2CCCCS2(=O)=O)n1. The maximum Gasteiger partial charge on any atom is 0.155 e. The lowest BCUT2D eigenvalue weighted by molar-refractivity contribution is 0.162. The van der Waals surface area contributed by atoms with E-state index in [1.54, 1.807) is 0 Å². The van der Waals surface area contributed by atoms with Crippen LogP contribution in [0.1, 0.15) is 50.7 Å². The van der Waals surface area contributed by atoms with E-state index in [2.05, 4.69) is 25.8 Å². The Morgan fingerprint density at radius 3 is 2.70 bits per heavy atom. The number of nitrogens with zero attached hydrogens (tertiary/aromatic N) is 1. The monoisotopic (exact) mass is 317 g/mol. The fourth-order valence-electron chi connectivity index (χ4n) is 2.47. The highest BCUT2D eigenvalue weighted by Gasteiger charge is 2.35. The molecule has 1 aromatic rings. The predicted molar refractivity (Wildman–Crippen MR) is 82.0 cm³/mol. The molecule has 2 rings (SSSR count). The maximum absolute atomic E-state index is 12.0. The van der Waals surface area contributed by atoms with E-state index < -0.39 is 21.2 Å². The fraction of sp³-hybridized carbons (Fsp3) is 0.786. The number of aliphatic hydroxyl groups excluding tert-OH is 1. The molecule has 1 saturated heterocycles. The van der Waals surface area contributed by atoms with Gasteiger partial charge in [-0.05, 0) is 12.8 Å². The van der Waals surface area contributed by atoms with E-state index in [0.717, 1.165) is 23.5 Å². The van der Waals surface area contributed by atoms with Gasteiger partial charge in [0.15, 0.2) is 9.84 Å². The number of thiazole rings is 1. The van der Waals surface area contributed by atoms with E-state index in [1.807, 2.05) is 5.38 Å². The van der Waals surface area contributed by atoms with Crippen molar-refractivity contribution in [3.05, 3.63) is 16.1 Å². The first-order valence-electron chi connectivity index (χ1n) is 7.05. The quantitative estimate of drug-likeness (QED) is 0.929. The molecule has 0 aliphatic carbocycles. The highest BCUT2D eigenvalue weighted by Crippen LogP contribution is 2.27. The van der Waals surface area contributed by atoms with Crippen molar-refractivity contribution in [2.24, 2.45) is 0 Å². The van der Waals surface area contributed by atoms with Crippen molar-refractivity contribution in [1.29, 1.82) is 0 Å². The summed E-state index contributed by atoms with van der Waals surface area (Å²) < 4.78 is 24.0.